The van der Waals surface area contributed by atoms with Crippen molar-refractivity contribution < 1.29 is 15.0 Å². The van der Waals surface area contributed by atoms with E-state index in [4.69, 9.17) is 16.7 Å². The summed E-state index contributed by atoms with van der Waals surface area (Å²) in [6.07, 6.45) is 1.90. The maximum Gasteiger partial charge on any atom is 0.336 e. The summed E-state index contributed by atoms with van der Waals surface area (Å²) in [6.45, 7) is 0. The first-order valence-electron chi connectivity index (χ1n) is 4.36. The zero-order chi connectivity index (χ0) is 10.3. The second kappa shape index (κ2) is 3.17. The number of carboxylic acid groups (broad SMARTS) is 1. The SMILES string of the molecule is O=C(O)c1ccc(O)c(Cl)c1C1CC1. The minimum Gasteiger partial charge on any atom is -0.506 e. The average molecular weight is 213 g/mol. The number of benzene rings is 1. The Hall–Kier alpha value is -1.22. The van der Waals surface area contributed by atoms with Crippen molar-refractivity contribution in [2.45, 2.75) is 18.8 Å². The van der Waals surface area contributed by atoms with Crippen molar-refractivity contribution in [3.05, 3.63) is 28.3 Å². The van der Waals surface area contributed by atoms with Crippen molar-refractivity contribution in [3.63, 3.8) is 0 Å². The highest BCUT2D eigenvalue weighted by molar-refractivity contribution is 6.33. The van der Waals surface area contributed by atoms with Crippen LogP contribution in [-0.4, -0.2) is 16.2 Å². The molecule has 1 fully saturated rings. The molecule has 0 atom stereocenters. The van der Waals surface area contributed by atoms with E-state index in [9.17, 15) is 9.90 Å². The topological polar surface area (TPSA) is 57.5 Å². The quantitative estimate of drug-likeness (QED) is 0.792. The number of carboxylic acids is 1. The summed E-state index contributed by atoms with van der Waals surface area (Å²) in [5, 5.41) is 18.5. The predicted molar refractivity (Wildman–Crippen MR) is 52.1 cm³/mol. The summed E-state index contributed by atoms with van der Waals surface area (Å²) < 4.78 is 0. The Morgan fingerprint density at radius 2 is 2.07 bits per heavy atom. The second-order valence-electron chi connectivity index (χ2n) is 3.44. The van der Waals surface area contributed by atoms with Crippen molar-refractivity contribution in [2.24, 2.45) is 0 Å². The number of phenols is 1. The molecule has 1 aliphatic rings. The lowest BCUT2D eigenvalue weighted by Crippen LogP contribution is -2.02. The molecule has 0 saturated heterocycles. The van der Waals surface area contributed by atoms with E-state index in [1.807, 2.05) is 0 Å². The molecule has 14 heavy (non-hydrogen) atoms. The molecule has 3 nitrogen and oxygen atoms in total. The number of aromatic carboxylic acids is 1. The lowest BCUT2D eigenvalue weighted by molar-refractivity contribution is 0.0695. The molecule has 0 spiro atoms. The molecular formula is C10H9ClO3. The number of halogens is 1. The first-order chi connectivity index (χ1) is 6.61. The number of carbonyl (C=O) groups is 1. The van der Waals surface area contributed by atoms with E-state index < -0.39 is 5.97 Å². The molecule has 0 heterocycles. The van der Waals surface area contributed by atoms with Gasteiger partial charge in [-0.2, -0.15) is 0 Å². The molecule has 0 bridgehead atoms. The maximum absolute atomic E-state index is 10.9. The van der Waals surface area contributed by atoms with Crippen LogP contribution in [0.1, 0.15) is 34.7 Å². The number of rotatable bonds is 2. The Morgan fingerprint density at radius 3 is 2.57 bits per heavy atom. The van der Waals surface area contributed by atoms with Gasteiger partial charge >= 0.3 is 5.97 Å². The minimum atomic E-state index is -0.992. The van der Waals surface area contributed by atoms with Crippen LogP contribution in [0.3, 0.4) is 0 Å². The minimum absolute atomic E-state index is 0.0430. The molecule has 1 aromatic carbocycles. The van der Waals surface area contributed by atoms with Crippen LogP contribution >= 0.6 is 11.6 Å². The Balaban J connectivity index is 2.59. The largest absolute Gasteiger partial charge is 0.506 e. The third-order valence-corrected chi connectivity index (χ3v) is 2.77. The third-order valence-electron chi connectivity index (χ3n) is 2.38. The Bertz CT molecular complexity index is 397. The van der Waals surface area contributed by atoms with Gasteiger partial charge in [-0.1, -0.05) is 11.6 Å². The van der Waals surface area contributed by atoms with Gasteiger partial charge in [0, 0.05) is 0 Å². The van der Waals surface area contributed by atoms with Gasteiger partial charge in [-0.05, 0) is 36.5 Å². The van der Waals surface area contributed by atoms with Gasteiger partial charge in [-0.15, -0.1) is 0 Å². The van der Waals surface area contributed by atoms with Gasteiger partial charge in [-0.3, -0.25) is 0 Å². The van der Waals surface area contributed by atoms with Crippen molar-refractivity contribution in [1.29, 1.82) is 0 Å². The summed E-state index contributed by atoms with van der Waals surface area (Å²) in [7, 11) is 0. The third kappa shape index (κ3) is 1.44. The molecule has 1 aliphatic carbocycles. The van der Waals surface area contributed by atoms with Gasteiger partial charge in [0.05, 0.1) is 10.6 Å². The van der Waals surface area contributed by atoms with Crippen LogP contribution in [0.25, 0.3) is 0 Å². The molecule has 0 aromatic heterocycles. The van der Waals surface area contributed by atoms with Crippen molar-refractivity contribution in [3.8, 4) is 5.75 Å². The molecule has 74 valence electrons. The highest BCUT2D eigenvalue weighted by Gasteiger charge is 2.31. The standard InChI is InChI=1S/C10H9ClO3/c11-9-7(12)4-3-6(10(13)14)8(9)5-1-2-5/h3-5,12H,1-2H2,(H,13,14). The van der Waals surface area contributed by atoms with Crippen LogP contribution in [0, 0.1) is 0 Å². The van der Waals surface area contributed by atoms with Crippen molar-refractivity contribution in [1.82, 2.24) is 0 Å². The molecule has 0 unspecified atom stereocenters. The van der Waals surface area contributed by atoms with Gasteiger partial charge in [0.25, 0.3) is 0 Å². The Morgan fingerprint density at radius 1 is 1.43 bits per heavy atom. The Kier molecular flexibility index (Phi) is 2.11. The van der Waals surface area contributed by atoms with Crippen molar-refractivity contribution in [2.75, 3.05) is 0 Å². The monoisotopic (exact) mass is 212 g/mol. The lowest BCUT2D eigenvalue weighted by atomic mass is 10.0. The van der Waals surface area contributed by atoms with E-state index in [0.29, 0.717) is 5.56 Å². The molecule has 1 saturated carbocycles. The van der Waals surface area contributed by atoms with Gasteiger partial charge in [-0.25, -0.2) is 4.79 Å². The number of hydrogen-bond acceptors (Lipinski definition) is 2. The van der Waals surface area contributed by atoms with E-state index in [2.05, 4.69) is 0 Å². The number of aromatic hydroxyl groups is 1. The number of hydrogen-bond donors (Lipinski definition) is 2. The van der Waals surface area contributed by atoms with Gasteiger partial charge in [0.1, 0.15) is 5.75 Å². The van der Waals surface area contributed by atoms with E-state index in [-0.39, 0.29) is 22.3 Å². The van der Waals surface area contributed by atoms with E-state index in [1.165, 1.54) is 12.1 Å². The first-order valence-corrected chi connectivity index (χ1v) is 4.73. The maximum atomic E-state index is 10.9. The highest BCUT2D eigenvalue weighted by atomic mass is 35.5. The van der Waals surface area contributed by atoms with Crippen LogP contribution < -0.4 is 0 Å². The first kappa shape index (κ1) is 9.34. The molecule has 2 rings (SSSR count). The van der Waals surface area contributed by atoms with Crippen LogP contribution in [0.2, 0.25) is 5.02 Å². The summed E-state index contributed by atoms with van der Waals surface area (Å²) in [4.78, 5) is 10.9. The van der Waals surface area contributed by atoms with E-state index >= 15 is 0 Å². The fourth-order valence-corrected chi connectivity index (χ4v) is 1.86. The van der Waals surface area contributed by atoms with Crippen LogP contribution in [0.4, 0.5) is 0 Å². The average Bonchev–Trinajstić information content (AvgIpc) is 2.92. The highest BCUT2D eigenvalue weighted by Crippen LogP contribution is 2.47. The Labute approximate surface area is 85.9 Å². The molecular weight excluding hydrogens is 204 g/mol. The van der Waals surface area contributed by atoms with Crippen LogP contribution in [0.15, 0.2) is 12.1 Å². The normalized spacial score (nSPS) is 15.5. The zero-order valence-corrected chi connectivity index (χ0v) is 8.08. The molecule has 0 amide bonds. The summed E-state index contributed by atoms with van der Waals surface area (Å²) in [6, 6.07) is 2.72. The van der Waals surface area contributed by atoms with Gasteiger partial charge in [0.15, 0.2) is 0 Å². The molecule has 0 radical (unpaired) electrons. The fraction of sp³-hybridized carbons (Fsp3) is 0.300. The van der Waals surface area contributed by atoms with Gasteiger partial charge < -0.3 is 10.2 Å². The second-order valence-corrected chi connectivity index (χ2v) is 3.82. The van der Waals surface area contributed by atoms with Gasteiger partial charge in [0.2, 0.25) is 0 Å². The van der Waals surface area contributed by atoms with E-state index in [0.717, 1.165) is 12.8 Å². The summed E-state index contributed by atoms with van der Waals surface area (Å²) >= 11 is 5.86. The summed E-state index contributed by atoms with van der Waals surface area (Å²) in [5.74, 6) is -0.826. The smallest absolute Gasteiger partial charge is 0.336 e. The molecule has 2 N–H and O–H groups in total. The zero-order valence-electron chi connectivity index (χ0n) is 7.33. The molecule has 0 aliphatic heterocycles. The molecule has 4 heteroatoms. The molecule has 1 aromatic rings. The lowest BCUT2D eigenvalue weighted by Gasteiger charge is -2.08. The number of phenolic OH excluding ortho intramolecular Hbond substituents is 1. The van der Waals surface area contributed by atoms with Crippen LogP contribution in [-0.2, 0) is 0 Å². The van der Waals surface area contributed by atoms with Crippen LogP contribution in [0.5, 0.6) is 5.75 Å². The fourth-order valence-electron chi connectivity index (χ4n) is 1.54. The predicted octanol–water partition coefficient (Wildman–Crippen LogP) is 2.62. The van der Waals surface area contributed by atoms with Crippen molar-refractivity contribution >= 4 is 17.6 Å². The van der Waals surface area contributed by atoms with E-state index in [1.54, 1.807) is 0 Å². The summed E-state index contributed by atoms with van der Waals surface area (Å²) in [5.41, 5.74) is 0.787.